The molecule has 1 atom stereocenters. The standard InChI is InChI=1S/C18H17FN2O2/c1-13(23-17-8-4-7-16(19)10-17)18(22)21(2)12-15-6-3-5-14(9-15)11-20/h3-10,13H,12H2,1-2H3. The number of rotatable bonds is 5. The second-order valence-electron chi connectivity index (χ2n) is 5.22. The molecule has 2 aromatic rings. The highest BCUT2D eigenvalue weighted by molar-refractivity contribution is 5.80. The number of halogens is 1. The van der Waals surface area contributed by atoms with Gasteiger partial charge in [-0.05, 0) is 36.8 Å². The minimum Gasteiger partial charge on any atom is -0.481 e. The van der Waals surface area contributed by atoms with Crippen molar-refractivity contribution in [2.45, 2.75) is 19.6 Å². The number of carbonyl (C=O) groups is 1. The van der Waals surface area contributed by atoms with Gasteiger partial charge in [-0.3, -0.25) is 4.79 Å². The minimum atomic E-state index is -0.735. The molecule has 0 N–H and O–H groups in total. The zero-order chi connectivity index (χ0) is 16.8. The summed E-state index contributed by atoms with van der Waals surface area (Å²) in [5.41, 5.74) is 1.41. The van der Waals surface area contributed by atoms with Crippen LogP contribution in [0.15, 0.2) is 48.5 Å². The Bertz CT molecular complexity index is 740. The number of hydrogen-bond donors (Lipinski definition) is 0. The fourth-order valence-corrected chi connectivity index (χ4v) is 2.20. The van der Waals surface area contributed by atoms with Gasteiger partial charge in [0.1, 0.15) is 11.6 Å². The van der Waals surface area contributed by atoms with Crippen molar-refractivity contribution < 1.29 is 13.9 Å². The molecule has 0 spiro atoms. The van der Waals surface area contributed by atoms with Crippen molar-refractivity contribution in [1.82, 2.24) is 4.90 Å². The molecule has 0 radical (unpaired) electrons. The van der Waals surface area contributed by atoms with Gasteiger partial charge in [-0.1, -0.05) is 18.2 Å². The third kappa shape index (κ3) is 4.55. The molecule has 0 saturated heterocycles. The van der Waals surface area contributed by atoms with Gasteiger partial charge in [0.15, 0.2) is 6.10 Å². The molecule has 4 nitrogen and oxygen atoms in total. The number of amides is 1. The van der Waals surface area contributed by atoms with Gasteiger partial charge in [0, 0.05) is 19.7 Å². The molecular weight excluding hydrogens is 295 g/mol. The molecule has 0 aromatic heterocycles. The van der Waals surface area contributed by atoms with Gasteiger partial charge in [0.25, 0.3) is 5.91 Å². The molecule has 1 amide bonds. The molecule has 5 heteroatoms. The summed E-state index contributed by atoms with van der Waals surface area (Å²) in [4.78, 5) is 13.8. The van der Waals surface area contributed by atoms with Crippen LogP contribution in [0, 0.1) is 17.1 Å². The highest BCUT2D eigenvalue weighted by Crippen LogP contribution is 2.15. The third-order valence-corrected chi connectivity index (χ3v) is 3.31. The average molecular weight is 312 g/mol. The summed E-state index contributed by atoms with van der Waals surface area (Å²) in [6, 6.07) is 14.8. The Morgan fingerprint density at radius 3 is 2.74 bits per heavy atom. The molecule has 2 rings (SSSR count). The van der Waals surface area contributed by atoms with Gasteiger partial charge >= 0.3 is 0 Å². The monoisotopic (exact) mass is 312 g/mol. The second-order valence-corrected chi connectivity index (χ2v) is 5.22. The molecule has 0 bridgehead atoms. The summed E-state index contributed by atoms with van der Waals surface area (Å²) in [6.45, 7) is 1.99. The maximum atomic E-state index is 13.1. The molecule has 23 heavy (non-hydrogen) atoms. The Kier molecular flexibility index (Phi) is 5.32. The fraction of sp³-hybridized carbons (Fsp3) is 0.222. The second kappa shape index (κ2) is 7.41. The molecule has 0 aliphatic rings. The molecule has 2 aromatic carbocycles. The van der Waals surface area contributed by atoms with E-state index in [1.807, 2.05) is 6.07 Å². The van der Waals surface area contributed by atoms with E-state index < -0.39 is 11.9 Å². The Hall–Kier alpha value is -2.87. The molecule has 118 valence electrons. The van der Waals surface area contributed by atoms with Crippen molar-refractivity contribution in [3.63, 3.8) is 0 Å². The van der Waals surface area contributed by atoms with Crippen LogP contribution in [0.5, 0.6) is 5.75 Å². The van der Waals surface area contributed by atoms with Crippen molar-refractivity contribution in [2.24, 2.45) is 0 Å². The van der Waals surface area contributed by atoms with Crippen molar-refractivity contribution in [2.75, 3.05) is 7.05 Å². The van der Waals surface area contributed by atoms with E-state index in [1.165, 1.54) is 23.1 Å². The number of ether oxygens (including phenoxy) is 1. The van der Waals surface area contributed by atoms with Crippen LogP contribution in [-0.4, -0.2) is 24.0 Å². The molecule has 0 aliphatic heterocycles. The molecule has 0 aliphatic carbocycles. The van der Waals surface area contributed by atoms with E-state index in [9.17, 15) is 9.18 Å². The largest absolute Gasteiger partial charge is 0.481 e. The van der Waals surface area contributed by atoms with Crippen LogP contribution < -0.4 is 4.74 Å². The molecule has 1 unspecified atom stereocenters. The number of likely N-dealkylation sites (N-methyl/N-ethyl adjacent to an activating group) is 1. The van der Waals surface area contributed by atoms with Crippen LogP contribution in [0.25, 0.3) is 0 Å². The summed E-state index contributed by atoms with van der Waals surface area (Å²) in [5, 5.41) is 8.90. The Morgan fingerprint density at radius 2 is 2.04 bits per heavy atom. The Labute approximate surface area is 134 Å². The van der Waals surface area contributed by atoms with Gasteiger partial charge in [-0.25, -0.2) is 4.39 Å². The molecule has 0 heterocycles. The van der Waals surface area contributed by atoms with Crippen molar-refractivity contribution in [3.05, 3.63) is 65.5 Å². The summed E-state index contributed by atoms with van der Waals surface area (Å²) in [5.74, 6) is -0.328. The maximum absolute atomic E-state index is 13.1. The van der Waals surface area contributed by atoms with Crippen LogP contribution in [0.4, 0.5) is 4.39 Å². The predicted octanol–water partition coefficient (Wildman–Crippen LogP) is 3.12. The highest BCUT2D eigenvalue weighted by Gasteiger charge is 2.19. The topological polar surface area (TPSA) is 53.3 Å². The first-order valence-corrected chi connectivity index (χ1v) is 7.16. The third-order valence-electron chi connectivity index (χ3n) is 3.31. The highest BCUT2D eigenvalue weighted by atomic mass is 19.1. The summed E-state index contributed by atoms with van der Waals surface area (Å²) < 4.78 is 18.6. The van der Waals surface area contributed by atoms with Crippen molar-refractivity contribution >= 4 is 5.91 Å². The number of hydrogen-bond acceptors (Lipinski definition) is 3. The van der Waals surface area contributed by atoms with E-state index in [4.69, 9.17) is 10.00 Å². The van der Waals surface area contributed by atoms with E-state index in [1.54, 1.807) is 38.2 Å². The number of nitrogens with zero attached hydrogens (tertiary/aromatic N) is 2. The first kappa shape index (κ1) is 16.5. The Morgan fingerprint density at radius 1 is 1.30 bits per heavy atom. The van der Waals surface area contributed by atoms with Gasteiger partial charge in [0.05, 0.1) is 11.6 Å². The minimum absolute atomic E-state index is 0.225. The summed E-state index contributed by atoms with van der Waals surface area (Å²) in [6.07, 6.45) is -0.735. The van der Waals surface area contributed by atoms with Gasteiger partial charge in [-0.2, -0.15) is 5.26 Å². The van der Waals surface area contributed by atoms with Gasteiger partial charge < -0.3 is 9.64 Å². The van der Waals surface area contributed by atoms with E-state index in [-0.39, 0.29) is 5.91 Å². The summed E-state index contributed by atoms with van der Waals surface area (Å²) >= 11 is 0. The lowest BCUT2D eigenvalue weighted by atomic mass is 10.1. The van der Waals surface area contributed by atoms with Gasteiger partial charge in [0.2, 0.25) is 0 Å². The van der Waals surface area contributed by atoms with Crippen LogP contribution in [0.2, 0.25) is 0 Å². The average Bonchev–Trinajstić information content (AvgIpc) is 2.54. The van der Waals surface area contributed by atoms with Gasteiger partial charge in [-0.15, -0.1) is 0 Å². The lowest BCUT2D eigenvalue weighted by Gasteiger charge is -2.22. The van der Waals surface area contributed by atoms with E-state index in [0.29, 0.717) is 17.9 Å². The fourth-order valence-electron chi connectivity index (χ4n) is 2.20. The first-order valence-electron chi connectivity index (χ1n) is 7.16. The summed E-state index contributed by atoms with van der Waals surface area (Å²) in [7, 11) is 1.66. The number of carbonyl (C=O) groups excluding carboxylic acids is 1. The van der Waals surface area contributed by atoms with Crippen LogP contribution in [-0.2, 0) is 11.3 Å². The molecular formula is C18H17FN2O2. The van der Waals surface area contributed by atoms with E-state index >= 15 is 0 Å². The molecule has 0 saturated carbocycles. The maximum Gasteiger partial charge on any atom is 0.263 e. The SMILES string of the molecule is CC(Oc1cccc(F)c1)C(=O)N(C)Cc1cccc(C#N)c1. The van der Waals surface area contributed by atoms with Crippen LogP contribution >= 0.6 is 0 Å². The van der Waals surface area contributed by atoms with E-state index in [2.05, 4.69) is 6.07 Å². The lowest BCUT2D eigenvalue weighted by Crippen LogP contribution is -2.37. The van der Waals surface area contributed by atoms with E-state index in [0.717, 1.165) is 5.56 Å². The van der Waals surface area contributed by atoms with Crippen LogP contribution in [0.1, 0.15) is 18.1 Å². The Balaban J connectivity index is 1.99. The predicted molar refractivity (Wildman–Crippen MR) is 84.1 cm³/mol. The number of nitriles is 1. The zero-order valence-electron chi connectivity index (χ0n) is 13.0. The lowest BCUT2D eigenvalue weighted by molar-refractivity contribution is -0.137. The normalized spacial score (nSPS) is 11.4. The molecule has 0 fully saturated rings. The van der Waals surface area contributed by atoms with Crippen LogP contribution in [0.3, 0.4) is 0 Å². The van der Waals surface area contributed by atoms with Crippen molar-refractivity contribution in [3.8, 4) is 11.8 Å². The first-order chi connectivity index (χ1) is 11.0. The smallest absolute Gasteiger partial charge is 0.263 e. The van der Waals surface area contributed by atoms with Crippen molar-refractivity contribution in [1.29, 1.82) is 5.26 Å². The zero-order valence-corrected chi connectivity index (χ0v) is 13.0. The number of benzene rings is 2. The quantitative estimate of drug-likeness (QED) is 0.852.